The second-order valence-corrected chi connectivity index (χ2v) is 8.65. The molecule has 4 rings (SSSR count). The zero-order valence-corrected chi connectivity index (χ0v) is 21.3. The average molecular weight is 531 g/mol. The van der Waals surface area contributed by atoms with E-state index in [1.807, 2.05) is 13.0 Å². The molecule has 0 bridgehead atoms. The number of hydrogen-bond acceptors (Lipinski definition) is 7. The minimum absolute atomic E-state index is 0.0102. The number of benzene rings is 3. The van der Waals surface area contributed by atoms with Gasteiger partial charge < -0.3 is 20.1 Å². The number of ether oxygens (including phenoxy) is 2. The van der Waals surface area contributed by atoms with Crippen molar-refractivity contribution in [2.24, 2.45) is 0 Å². The van der Waals surface area contributed by atoms with E-state index in [1.165, 1.54) is 18.2 Å². The van der Waals surface area contributed by atoms with Gasteiger partial charge in [0.2, 0.25) is 5.91 Å². The van der Waals surface area contributed by atoms with Crippen LogP contribution in [0, 0.1) is 17.0 Å². The average Bonchev–Trinajstić information content (AvgIpc) is 3.15. The second kappa shape index (κ2) is 11.9. The molecule has 4 amide bonds. The van der Waals surface area contributed by atoms with Crippen LogP contribution in [0.25, 0.3) is 6.08 Å². The Balaban J connectivity index is 1.45. The van der Waals surface area contributed by atoms with Crippen molar-refractivity contribution in [1.82, 2.24) is 10.2 Å². The molecule has 1 aliphatic rings. The van der Waals surface area contributed by atoms with Crippen molar-refractivity contribution >= 4 is 35.3 Å². The van der Waals surface area contributed by atoms with Crippen LogP contribution in [0.3, 0.4) is 0 Å². The number of aryl methyl sites for hydroxylation is 1. The number of urea groups is 1. The van der Waals surface area contributed by atoms with Gasteiger partial charge in [-0.1, -0.05) is 30.3 Å². The number of hydrogen-bond donors (Lipinski definition) is 2. The molecule has 0 radical (unpaired) electrons. The van der Waals surface area contributed by atoms with Crippen LogP contribution in [0.1, 0.15) is 23.6 Å². The second-order valence-electron chi connectivity index (χ2n) is 8.65. The van der Waals surface area contributed by atoms with Gasteiger partial charge in [0.05, 0.1) is 11.5 Å². The lowest BCUT2D eigenvalue weighted by molar-refractivity contribution is -0.384. The summed E-state index contributed by atoms with van der Waals surface area (Å²) in [5.41, 5.74) is 2.67. The molecule has 1 heterocycles. The Kier molecular flexibility index (Phi) is 8.20. The topological polar surface area (TPSA) is 140 Å². The molecule has 1 saturated heterocycles. The maximum Gasteiger partial charge on any atom is 0.329 e. The van der Waals surface area contributed by atoms with E-state index in [0.29, 0.717) is 34.9 Å². The summed E-state index contributed by atoms with van der Waals surface area (Å²) >= 11 is 0. The SMILES string of the molecule is CCOc1cc(/C=C2\NC(=O)N(CC(=O)Nc3cccc(C)c3)C2=O)ccc1OCc1cccc([N+](=O)[O-])c1. The molecule has 0 saturated carbocycles. The third-order valence-electron chi connectivity index (χ3n) is 5.66. The highest BCUT2D eigenvalue weighted by atomic mass is 16.6. The van der Waals surface area contributed by atoms with Crippen molar-refractivity contribution in [3.63, 3.8) is 0 Å². The molecule has 1 aliphatic heterocycles. The third-order valence-corrected chi connectivity index (χ3v) is 5.66. The van der Waals surface area contributed by atoms with Crippen molar-refractivity contribution in [3.05, 3.63) is 99.2 Å². The minimum Gasteiger partial charge on any atom is -0.490 e. The van der Waals surface area contributed by atoms with E-state index in [2.05, 4.69) is 10.6 Å². The third kappa shape index (κ3) is 6.77. The van der Waals surface area contributed by atoms with Crippen LogP contribution in [0.4, 0.5) is 16.2 Å². The summed E-state index contributed by atoms with van der Waals surface area (Å²) in [6, 6.07) is 17.6. The summed E-state index contributed by atoms with van der Waals surface area (Å²) in [6.07, 6.45) is 1.48. The molecule has 0 aromatic heterocycles. The van der Waals surface area contributed by atoms with Crippen LogP contribution in [0.2, 0.25) is 0 Å². The van der Waals surface area contributed by atoms with E-state index in [4.69, 9.17) is 9.47 Å². The zero-order valence-electron chi connectivity index (χ0n) is 21.3. The Hall–Kier alpha value is -5.19. The summed E-state index contributed by atoms with van der Waals surface area (Å²) in [5, 5.41) is 16.2. The number of nitro benzene ring substituents is 1. The molecule has 200 valence electrons. The molecule has 0 atom stereocenters. The molecule has 0 aliphatic carbocycles. The fourth-order valence-corrected chi connectivity index (χ4v) is 3.87. The highest BCUT2D eigenvalue weighted by Gasteiger charge is 2.35. The quantitative estimate of drug-likeness (QED) is 0.171. The first-order valence-corrected chi connectivity index (χ1v) is 12.1. The van der Waals surface area contributed by atoms with Gasteiger partial charge in [0.15, 0.2) is 11.5 Å². The van der Waals surface area contributed by atoms with Gasteiger partial charge in [-0.05, 0) is 60.9 Å². The fraction of sp³-hybridized carbons (Fsp3) is 0.179. The molecular formula is C28H26N4O7. The number of nitrogens with one attached hydrogen (secondary N) is 2. The number of nitrogens with zero attached hydrogens (tertiary/aromatic N) is 2. The molecular weight excluding hydrogens is 504 g/mol. The Morgan fingerprint density at radius 1 is 1.05 bits per heavy atom. The van der Waals surface area contributed by atoms with Gasteiger partial charge in [-0.3, -0.25) is 19.7 Å². The van der Waals surface area contributed by atoms with Crippen molar-refractivity contribution in [2.75, 3.05) is 18.5 Å². The van der Waals surface area contributed by atoms with Crippen molar-refractivity contribution in [1.29, 1.82) is 0 Å². The van der Waals surface area contributed by atoms with E-state index >= 15 is 0 Å². The molecule has 3 aromatic rings. The standard InChI is InChI=1S/C28H26N4O7/c1-3-38-25-15-19(10-11-24(25)39-17-20-7-5-9-22(13-20)32(36)37)14-23-27(34)31(28(35)30-23)16-26(33)29-21-8-4-6-18(2)12-21/h4-15H,3,16-17H2,1-2H3,(H,29,33)(H,30,35)/b23-14-. The highest BCUT2D eigenvalue weighted by Crippen LogP contribution is 2.31. The molecule has 1 fully saturated rings. The first-order chi connectivity index (χ1) is 18.7. The van der Waals surface area contributed by atoms with Gasteiger partial charge in [0, 0.05) is 17.8 Å². The molecule has 2 N–H and O–H groups in total. The van der Waals surface area contributed by atoms with E-state index in [-0.39, 0.29) is 18.0 Å². The van der Waals surface area contributed by atoms with Crippen LogP contribution in [0.15, 0.2) is 72.4 Å². The number of carbonyl (C=O) groups excluding carboxylic acids is 3. The van der Waals surface area contributed by atoms with E-state index in [1.54, 1.807) is 55.5 Å². The molecule has 0 spiro atoms. The first kappa shape index (κ1) is 26.9. The number of imide groups is 1. The van der Waals surface area contributed by atoms with Crippen molar-refractivity contribution in [2.45, 2.75) is 20.5 Å². The number of amides is 4. The number of anilines is 1. The Bertz CT molecular complexity index is 1470. The van der Waals surface area contributed by atoms with Gasteiger partial charge >= 0.3 is 6.03 Å². The summed E-state index contributed by atoms with van der Waals surface area (Å²) in [4.78, 5) is 49.1. The van der Waals surface area contributed by atoms with Gasteiger partial charge in [0.25, 0.3) is 11.6 Å². The molecule has 3 aromatic carbocycles. The minimum atomic E-state index is -0.701. The van der Waals surface area contributed by atoms with Gasteiger partial charge in [-0.25, -0.2) is 9.69 Å². The van der Waals surface area contributed by atoms with Crippen LogP contribution >= 0.6 is 0 Å². The number of nitro groups is 1. The van der Waals surface area contributed by atoms with E-state index in [0.717, 1.165) is 10.5 Å². The Morgan fingerprint density at radius 3 is 2.59 bits per heavy atom. The molecule has 11 nitrogen and oxygen atoms in total. The van der Waals surface area contributed by atoms with Crippen molar-refractivity contribution in [3.8, 4) is 11.5 Å². The van der Waals surface area contributed by atoms with Gasteiger partial charge in [-0.15, -0.1) is 0 Å². The Morgan fingerprint density at radius 2 is 1.85 bits per heavy atom. The van der Waals surface area contributed by atoms with Crippen LogP contribution < -0.4 is 20.1 Å². The van der Waals surface area contributed by atoms with Crippen molar-refractivity contribution < 1.29 is 28.8 Å². The van der Waals surface area contributed by atoms with Crippen LogP contribution in [-0.2, 0) is 16.2 Å². The fourth-order valence-electron chi connectivity index (χ4n) is 3.87. The summed E-state index contributed by atoms with van der Waals surface area (Å²) in [5.74, 6) is -0.345. The summed E-state index contributed by atoms with van der Waals surface area (Å²) < 4.78 is 11.5. The smallest absolute Gasteiger partial charge is 0.329 e. The maximum atomic E-state index is 12.9. The Labute approximate surface area is 224 Å². The first-order valence-electron chi connectivity index (χ1n) is 12.1. The lowest BCUT2D eigenvalue weighted by Gasteiger charge is -2.13. The maximum absolute atomic E-state index is 12.9. The predicted octanol–water partition coefficient (Wildman–Crippen LogP) is 4.41. The molecule has 11 heteroatoms. The number of non-ortho nitro benzene ring substituents is 1. The van der Waals surface area contributed by atoms with Gasteiger partial charge in [-0.2, -0.15) is 0 Å². The highest BCUT2D eigenvalue weighted by molar-refractivity contribution is 6.16. The monoisotopic (exact) mass is 530 g/mol. The van der Waals surface area contributed by atoms with E-state index in [9.17, 15) is 24.5 Å². The molecule has 39 heavy (non-hydrogen) atoms. The normalized spacial score (nSPS) is 13.8. The van der Waals surface area contributed by atoms with Crippen LogP contribution in [-0.4, -0.2) is 40.8 Å². The van der Waals surface area contributed by atoms with Crippen LogP contribution in [0.5, 0.6) is 11.5 Å². The van der Waals surface area contributed by atoms with E-state index < -0.39 is 29.3 Å². The lowest BCUT2D eigenvalue weighted by atomic mass is 10.1. The van der Waals surface area contributed by atoms with Gasteiger partial charge in [0.1, 0.15) is 18.8 Å². The predicted molar refractivity (Wildman–Crippen MR) is 143 cm³/mol. The number of carbonyl (C=O) groups is 3. The number of rotatable bonds is 10. The largest absolute Gasteiger partial charge is 0.490 e. The molecule has 0 unspecified atom stereocenters. The zero-order chi connectivity index (χ0) is 27.9. The lowest BCUT2D eigenvalue weighted by Crippen LogP contribution is -2.38. The summed E-state index contributed by atoms with van der Waals surface area (Å²) in [7, 11) is 0. The summed E-state index contributed by atoms with van der Waals surface area (Å²) in [6.45, 7) is 3.67.